The van der Waals surface area contributed by atoms with E-state index < -0.39 is 61.6 Å². The van der Waals surface area contributed by atoms with Crippen molar-refractivity contribution >= 4 is 41.1 Å². The molecule has 4 N–H and O–H groups in total. The first kappa shape index (κ1) is 17.6. The smallest absolute Gasteiger partial charge is 0.295 e. The number of aromatic hydroxyl groups is 1. The summed E-state index contributed by atoms with van der Waals surface area (Å²) in [6.45, 7) is 0. The number of benzene rings is 2. The van der Waals surface area contributed by atoms with Crippen LogP contribution in [0.1, 0.15) is 0 Å². The van der Waals surface area contributed by atoms with E-state index in [0.29, 0.717) is 24.3 Å². The first-order valence-corrected chi connectivity index (χ1v) is 9.77. The third kappa shape index (κ3) is 3.29. The highest BCUT2D eigenvalue weighted by molar-refractivity contribution is 7.86. The van der Waals surface area contributed by atoms with E-state index in [1.807, 2.05) is 0 Å². The average molecular weight is 384 g/mol. The number of fused-ring (bicyclic) bond motifs is 1. The fourth-order valence-electron chi connectivity index (χ4n) is 1.97. The maximum absolute atomic E-state index is 11.3. The van der Waals surface area contributed by atoms with Gasteiger partial charge in [-0.25, -0.2) is 0 Å². The fourth-order valence-corrected chi connectivity index (χ4v) is 3.89. The Hall–Kier alpha value is -1.77. The van der Waals surface area contributed by atoms with E-state index in [9.17, 15) is 30.4 Å². The third-order valence-electron chi connectivity index (χ3n) is 2.84. The molecule has 2 rings (SSSR count). The first-order chi connectivity index (χ1) is 10.2. The van der Waals surface area contributed by atoms with E-state index in [2.05, 4.69) is 0 Å². The van der Waals surface area contributed by atoms with Crippen LogP contribution in [0.4, 0.5) is 0 Å². The Bertz CT molecular complexity index is 1130. The topological polar surface area (TPSA) is 183 Å². The van der Waals surface area contributed by atoms with Gasteiger partial charge < -0.3 is 5.11 Å². The van der Waals surface area contributed by atoms with Gasteiger partial charge in [-0.3, -0.25) is 13.7 Å². The summed E-state index contributed by atoms with van der Waals surface area (Å²) in [5.74, 6) is -1.05. The molecule has 0 amide bonds. The Balaban J connectivity index is 3.19. The SMILES string of the molecule is O=S(=O)(O)c1cc(O)c2c(S(=O)(=O)O)ccc(S(=O)(=O)O)c2c1. The zero-order chi connectivity index (χ0) is 17.8. The van der Waals surface area contributed by atoms with E-state index in [4.69, 9.17) is 13.7 Å². The van der Waals surface area contributed by atoms with Crippen LogP contribution < -0.4 is 0 Å². The van der Waals surface area contributed by atoms with Gasteiger partial charge >= 0.3 is 0 Å². The van der Waals surface area contributed by atoms with Gasteiger partial charge in [0.2, 0.25) is 0 Å². The number of hydrogen-bond acceptors (Lipinski definition) is 7. The standard InChI is InChI=1S/C10H8O10S3/c11-7-4-5(21(12,13)14)3-6-8(22(15,16)17)1-2-9(10(6)7)23(18,19)20/h1-4,11H,(H,12,13,14)(H,15,16,17)(H,18,19,20). The first-order valence-electron chi connectivity index (χ1n) is 5.45. The van der Waals surface area contributed by atoms with Crippen LogP contribution in [0.25, 0.3) is 10.8 Å². The molecular formula is C10H8O10S3. The normalized spacial score (nSPS) is 13.3. The molecule has 2 aromatic carbocycles. The maximum atomic E-state index is 11.3. The van der Waals surface area contributed by atoms with Crippen LogP contribution in [0.15, 0.2) is 39.0 Å². The van der Waals surface area contributed by atoms with Crippen molar-refractivity contribution in [3.05, 3.63) is 24.3 Å². The summed E-state index contributed by atoms with van der Waals surface area (Å²) in [6.07, 6.45) is 0. The molecule has 0 fully saturated rings. The highest BCUT2D eigenvalue weighted by Gasteiger charge is 2.25. The zero-order valence-electron chi connectivity index (χ0n) is 10.8. The quantitative estimate of drug-likeness (QED) is 0.536. The summed E-state index contributed by atoms with van der Waals surface area (Å²) in [5.41, 5.74) is 0. The summed E-state index contributed by atoms with van der Waals surface area (Å²) < 4.78 is 94.8. The van der Waals surface area contributed by atoms with Gasteiger partial charge in [0.15, 0.2) is 0 Å². The molecule has 0 aliphatic heterocycles. The second kappa shape index (κ2) is 5.12. The largest absolute Gasteiger partial charge is 0.507 e. The van der Waals surface area contributed by atoms with E-state index >= 15 is 0 Å². The number of hydrogen-bond donors (Lipinski definition) is 4. The van der Waals surface area contributed by atoms with E-state index in [1.54, 1.807) is 0 Å². The molecule has 23 heavy (non-hydrogen) atoms. The van der Waals surface area contributed by atoms with Crippen LogP contribution in [0.5, 0.6) is 5.75 Å². The molecule has 10 nitrogen and oxygen atoms in total. The molecule has 0 aliphatic carbocycles. The average Bonchev–Trinajstić information content (AvgIpc) is 2.33. The molecule has 0 aliphatic rings. The highest BCUT2D eigenvalue weighted by Crippen LogP contribution is 2.37. The van der Waals surface area contributed by atoms with E-state index in [0.717, 1.165) is 0 Å². The molecular weight excluding hydrogens is 376 g/mol. The van der Waals surface area contributed by atoms with Crippen LogP contribution in [-0.2, 0) is 30.4 Å². The van der Waals surface area contributed by atoms with E-state index in [1.165, 1.54) is 0 Å². The summed E-state index contributed by atoms with van der Waals surface area (Å²) in [6, 6.07) is 2.18. The van der Waals surface area contributed by atoms with Crippen molar-refractivity contribution < 1.29 is 44.0 Å². The second-order valence-corrected chi connectivity index (χ2v) is 8.55. The molecule has 0 unspecified atom stereocenters. The Morgan fingerprint density at radius 2 is 1.17 bits per heavy atom. The van der Waals surface area contributed by atoms with Crippen LogP contribution in [-0.4, -0.2) is 44.0 Å². The predicted molar refractivity (Wildman–Crippen MR) is 75.1 cm³/mol. The van der Waals surface area contributed by atoms with Gasteiger partial charge in [0.05, 0.1) is 4.90 Å². The summed E-state index contributed by atoms with van der Waals surface area (Å²) in [7, 11) is -14.7. The molecule has 0 bridgehead atoms. The lowest BCUT2D eigenvalue weighted by atomic mass is 10.1. The molecule has 126 valence electrons. The van der Waals surface area contributed by atoms with Gasteiger partial charge in [-0.1, -0.05) is 0 Å². The van der Waals surface area contributed by atoms with Gasteiger partial charge in [-0.05, 0) is 18.2 Å². The van der Waals surface area contributed by atoms with Crippen molar-refractivity contribution in [2.24, 2.45) is 0 Å². The molecule has 0 radical (unpaired) electrons. The van der Waals surface area contributed by atoms with Gasteiger partial charge in [-0.2, -0.15) is 25.3 Å². The summed E-state index contributed by atoms with van der Waals surface area (Å²) in [5, 5.41) is 8.35. The monoisotopic (exact) mass is 384 g/mol. The fraction of sp³-hybridized carbons (Fsp3) is 0. The molecule has 0 atom stereocenters. The van der Waals surface area contributed by atoms with Crippen molar-refractivity contribution in [1.82, 2.24) is 0 Å². The van der Waals surface area contributed by atoms with Crippen LogP contribution in [0.3, 0.4) is 0 Å². The molecule has 0 heterocycles. The maximum Gasteiger partial charge on any atom is 0.295 e. The van der Waals surface area contributed by atoms with Crippen molar-refractivity contribution in [1.29, 1.82) is 0 Å². The van der Waals surface area contributed by atoms with Crippen LogP contribution in [0, 0.1) is 0 Å². The Kier molecular flexibility index (Phi) is 3.91. The molecule has 0 aromatic heterocycles. The Morgan fingerprint density at radius 1 is 0.696 bits per heavy atom. The minimum atomic E-state index is -4.93. The summed E-state index contributed by atoms with van der Waals surface area (Å²) in [4.78, 5) is -2.79. The lowest BCUT2D eigenvalue weighted by Gasteiger charge is -2.11. The molecule has 0 spiro atoms. The highest BCUT2D eigenvalue weighted by atomic mass is 32.2. The van der Waals surface area contributed by atoms with Crippen molar-refractivity contribution in [3.63, 3.8) is 0 Å². The van der Waals surface area contributed by atoms with E-state index in [-0.39, 0.29) is 0 Å². The second-order valence-electron chi connectivity index (χ2n) is 4.35. The lowest BCUT2D eigenvalue weighted by molar-refractivity contribution is 0.467. The molecule has 2 aromatic rings. The van der Waals surface area contributed by atoms with Gasteiger partial charge in [0.25, 0.3) is 30.4 Å². The number of rotatable bonds is 3. The number of phenols is 1. The molecule has 0 saturated heterocycles. The molecule has 0 saturated carbocycles. The third-order valence-corrected chi connectivity index (χ3v) is 5.48. The molecule has 13 heteroatoms. The van der Waals surface area contributed by atoms with Crippen molar-refractivity contribution in [3.8, 4) is 5.75 Å². The number of phenolic OH excluding ortho intramolecular Hbond substituents is 1. The Morgan fingerprint density at radius 3 is 1.61 bits per heavy atom. The van der Waals surface area contributed by atoms with Gasteiger partial charge in [-0.15, -0.1) is 0 Å². The van der Waals surface area contributed by atoms with Crippen molar-refractivity contribution in [2.75, 3.05) is 0 Å². The summed E-state index contributed by atoms with van der Waals surface area (Å²) >= 11 is 0. The predicted octanol–water partition coefficient (Wildman–Crippen LogP) is 0.286. The Labute approximate surface area is 130 Å². The zero-order valence-corrected chi connectivity index (χ0v) is 13.2. The minimum absolute atomic E-state index is 0.458. The van der Waals surface area contributed by atoms with Crippen LogP contribution in [0.2, 0.25) is 0 Å². The van der Waals surface area contributed by atoms with Gasteiger partial charge in [0, 0.05) is 16.8 Å². The van der Waals surface area contributed by atoms with Crippen LogP contribution >= 0.6 is 0 Å². The minimum Gasteiger partial charge on any atom is -0.507 e. The van der Waals surface area contributed by atoms with Crippen molar-refractivity contribution in [2.45, 2.75) is 14.7 Å². The van der Waals surface area contributed by atoms with Gasteiger partial charge in [0.1, 0.15) is 15.5 Å². The lowest BCUT2D eigenvalue weighted by Crippen LogP contribution is -2.06.